The topological polar surface area (TPSA) is 161 Å². The molecule has 1 aromatic heterocycles. The molecule has 2 aromatic carbocycles. The second-order valence-electron chi connectivity index (χ2n) is 8.47. The van der Waals surface area contributed by atoms with E-state index in [2.05, 4.69) is 9.69 Å². The first kappa shape index (κ1) is 25.1. The van der Waals surface area contributed by atoms with Crippen molar-refractivity contribution in [2.45, 2.75) is 31.9 Å². The fourth-order valence-corrected chi connectivity index (χ4v) is 4.87. The number of amides is 3. The highest BCUT2D eigenvalue weighted by Crippen LogP contribution is 2.35. The first-order chi connectivity index (χ1) is 17.3. The third-order valence-corrected chi connectivity index (χ3v) is 6.84. The van der Waals surface area contributed by atoms with Crippen molar-refractivity contribution in [3.05, 3.63) is 70.2 Å². The van der Waals surface area contributed by atoms with E-state index in [1.165, 1.54) is 17.0 Å². The number of para-hydroxylation sites is 1. The van der Waals surface area contributed by atoms with E-state index in [9.17, 15) is 19.5 Å². The molecule has 1 aliphatic heterocycles. The van der Waals surface area contributed by atoms with E-state index in [1.54, 1.807) is 24.3 Å². The Morgan fingerprint density at radius 1 is 1.22 bits per heavy atom. The molecular formula is C25H27N5O5S. The number of hydrogen-bond acceptors (Lipinski definition) is 8. The second kappa shape index (κ2) is 10.8. The van der Waals surface area contributed by atoms with Gasteiger partial charge in [-0.15, -0.1) is 0 Å². The van der Waals surface area contributed by atoms with E-state index in [0.717, 1.165) is 29.9 Å². The van der Waals surface area contributed by atoms with Gasteiger partial charge in [-0.1, -0.05) is 30.3 Å². The number of primary amides is 1. The maximum absolute atomic E-state index is 14.0. The third kappa shape index (κ3) is 5.16. The first-order valence-corrected chi connectivity index (χ1v) is 12.2. The van der Waals surface area contributed by atoms with E-state index >= 15 is 0 Å². The molecule has 0 aliphatic carbocycles. The number of benzene rings is 2. The molecule has 0 spiro atoms. The van der Waals surface area contributed by atoms with Gasteiger partial charge in [0.1, 0.15) is 16.7 Å². The standard InChI is InChI=1S/C25H27N5O5S/c1-14-5-2-3-7-18(14)30(25(34)22-19(26)20(23(27)32)29-36-22)21(15-8-10-16(31)11-9-15)24(33)28-13-17-6-4-12-35-17/h2-3,5,7-11,17,21,31H,4,6,12-13,26H2,1H3,(H2,27,32)(H,28,33). The van der Waals surface area contributed by atoms with Crippen molar-refractivity contribution in [2.24, 2.45) is 5.73 Å². The maximum atomic E-state index is 14.0. The van der Waals surface area contributed by atoms with Crippen molar-refractivity contribution in [1.29, 1.82) is 0 Å². The van der Waals surface area contributed by atoms with E-state index in [0.29, 0.717) is 17.9 Å². The molecule has 6 N–H and O–H groups in total. The predicted molar refractivity (Wildman–Crippen MR) is 136 cm³/mol. The molecule has 2 atom stereocenters. The average molecular weight is 510 g/mol. The number of phenolic OH excluding ortho intramolecular Hbond substituents is 1. The number of aryl methyl sites for hydroxylation is 1. The molecule has 1 aliphatic rings. The number of carbonyl (C=O) groups is 3. The van der Waals surface area contributed by atoms with Crippen molar-refractivity contribution in [3.63, 3.8) is 0 Å². The zero-order chi connectivity index (χ0) is 25.8. The van der Waals surface area contributed by atoms with Gasteiger partial charge in [0.05, 0.1) is 11.8 Å². The summed E-state index contributed by atoms with van der Waals surface area (Å²) in [5.74, 6) is -1.89. The summed E-state index contributed by atoms with van der Waals surface area (Å²) in [6.45, 7) is 2.75. The van der Waals surface area contributed by atoms with Gasteiger partial charge in [-0.2, -0.15) is 4.37 Å². The molecule has 4 rings (SSSR count). The van der Waals surface area contributed by atoms with E-state index in [-0.39, 0.29) is 34.7 Å². The highest BCUT2D eigenvalue weighted by molar-refractivity contribution is 7.09. The highest BCUT2D eigenvalue weighted by atomic mass is 32.1. The summed E-state index contributed by atoms with van der Waals surface area (Å²) in [4.78, 5) is 40.8. The number of nitrogen functional groups attached to an aromatic ring is 1. The number of nitrogens with zero attached hydrogens (tertiary/aromatic N) is 2. The minimum atomic E-state index is -1.13. The zero-order valence-corrected chi connectivity index (χ0v) is 20.5. The van der Waals surface area contributed by atoms with Crippen molar-refractivity contribution >= 4 is 40.6 Å². The zero-order valence-electron chi connectivity index (χ0n) is 19.6. The number of nitrogens with two attached hydrogens (primary N) is 2. The highest BCUT2D eigenvalue weighted by Gasteiger charge is 2.37. The number of aromatic nitrogens is 1. The summed E-state index contributed by atoms with van der Waals surface area (Å²) < 4.78 is 9.59. The quantitative estimate of drug-likeness (QED) is 0.363. The van der Waals surface area contributed by atoms with Gasteiger partial charge in [0.15, 0.2) is 5.69 Å². The van der Waals surface area contributed by atoms with Gasteiger partial charge in [-0.05, 0) is 60.6 Å². The molecule has 3 aromatic rings. The Balaban J connectivity index is 1.82. The molecule has 1 saturated heterocycles. The number of anilines is 2. The molecule has 36 heavy (non-hydrogen) atoms. The number of nitrogens with one attached hydrogen (secondary N) is 1. The van der Waals surface area contributed by atoms with Gasteiger partial charge in [0, 0.05) is 18.8 Å². The molecule has 11 heteroatoms. The molecular weight excluding hydrogens is 482 g/mol. The SMILES string of the molecule is Cc1ccccc1N(C(=O)c1snc(C(N)=O)c1N)C(C(=O)NCC1CCCO1)c1ccc(O)cc1. The average Bonchev–Trinajstić information content (AvgIpc) is 3.52. The lowest BCUT2D eigenvalue weighted by Gasteiger charge is -2.32. The Hall–Kier alpha value is -3.96. The van der Waals surface area contributed by atoms with Crippen molar-refractivity contribution in [2.75, 3.05) is 23.8 Å². The fourth-order valence-electron chi connectivity index (χ4n) is 4.13. The summed E-state index contributed by atoms with van der Waals surface area (Å²) in [6.07, 6.45) is 1.65. The molecule has 3 amide bonds. The molecule has 0 saturated carbocycles. The summed E-state index contributed by atoms with van der Waals surface area (Å²) in [5.41, 5.74) is 12.8. The molecule has 2 unspecified atom stereocenters. The van der Waals surface area contributed by atoms with E-state index in [4.69, 9.17) is 16.2 Å². The number of aromatic hydroxyl groups is 1. The number of rotatable bonds is 8. The lowest BCUT2D eigenvalue weighted by Crippen LogP contribution is -2.45. The van der Waals surface area contributed by atoms with Crippen LogP contribution in [-0.2, 0) is 9.53 Å². The molecule has 2 heterocycles. The number of carbonyl (C=O) groups excluding carboxylic acids is 3. The van der Waals surface area contributed by atoms with Crippen LogP contribution in [-0.4, -0.2) is 46.5 Å². The molecule has 1 fully saturated rings. The van der Waals surface area contributed by atoms with Crippen LogP contribution >= 0.6 is 11.5 Å². The monoisotopic (exact) mass is 509 g/mol. The number of hydrogen-bond donors (Lipinski definition) is 4. The van der Waals surface area contributed by atoms with Crippen LogP contribution in [0.1, 0.15) is 50.2 Å². The lowest BCUT2D eigenvalue weighted by molar-refractivity contribution is -0.123. The van der Waals surface area contributed by atoms with Crippen LogP contribution < -0.4 is 21.7 Å². The summed E-state index contributed by atoms with van der Waals surface area (Å²) in [5, 5.41) is 12.8. The van der Waals surface area contributed by atoms with Crippen molar-refractivity contribution in [3.8, 4) is 5.75 Å². The van der Waals surface area contributed by atoms with Crippen LogP contribution in [0.25, 0.3) is 0 Å². The molecule has 188 valence electrons. The Kier molecular flexibility index (Phi) is 7.51. The summed E-state index contributed by atoms with van der Waals surface area (Å²) in [7, 11) is 0. The Morgan fingerprint density at radius 2 is 1.94 bits per heavy atom. The van der Waals surface area contributed by atoms with Crippen LogP contribution in [0.5, 0.6) is 5.75 Å². The van der Waals surface area contributed by atoms with Crippen LogP contribution in [0.3, 0.4) is 0 Å². The van der Waals surface area contributed by atoms with Gasteiger partial charge >= 0.3 is 0 Å². The number of phenols is 1. The Bertz CT molecular complexity index is 1270. The van der Waals surface area contributed by atoms with Crippen LogP contribution in [0, 0.1) is 6.92 Å². The smallest absolute Gasteiger partial charge is 0.273 e. The number of ether oxygens (including phenoxy) is 1. The fraction of sp³-hybridized carbons (Fsp3) is 0.280. The predicted octanol–water partition coefficient (Wildman–Crippen LogP) is 2.52. The molecule has 0 bridgehead atoms. The first-order valence-electron chi connectivity index (χ1n) is 11.4. The van der Waals surface area contributed by atoms with Crippen molar-refractivity contribution < 1.29 is 24.2 Å². The van der Waals surface area contributed by atoms with E-state index in [1.807, 2.05) is 19.1 Å². The summed E-state index contributed by atoms with van der Waals surface area (Å²) >= 11 is 0.743. The van der Waals surface area contributed by atoms with E-state index < -0.39 is 23.8 Å². The van der Waals surface area contributed by atoms with Gasteiger partial charge in [0.25, 0.3) is 11.8 Å². The second-order valence-corrected chi connectivity index (χ2v) is 9.25. The lowest BCUT2D eigenvalue weighted by atomic mass is 10.0. The van der Waals surface area contributed by atoms with Crippen LogP contribution in [0.15, 0.2) is 48.5 Å². The van der Waals surface area contributed by atoms with Crippen LogP contribution in [0.2, 0.25) is 0 Å². The van der Waals surface area contributed by atoms with Gasteiger partial charge in [-0.3, -0.25) is 19.3 Å². The van der Waals surface area contributed by atoms with Gasteiger partial charge < -0.3 is 26.6 Å². The van der Waals surface area contributed by atoms with Crippen LogP contribution in [0.4, 0.5) is 11.4 Å². The summed E-state index contributed by atoms with van der Waals surface area (Å²) in [6, 6.07) is 12.0. The maximum Gasteiger partial charge on any atom is 0.273 e. The Morgan fingerprint density at radius 3 is 2.56 bits per heavy atom. The third-order valence-electron chi connectivity index (χ3n) is 5.99. The minimum absolute atomic E-state index is 0.0113. The minimum Gasteiger partial charge on any atom is -0.508 e. The Labute approximate surface area is 212 Å². The normalized spacial score (nSPS) is 15.9. The molecule has 0 radical (unpaired) electrons. The van der Waals surface area contributed by atoms with Gasteiger partial charge in [0.2, 0.25) is 5.91 Å². The largest absolute Gasteiger partial charge is 0.508 e. The van der Waals surface area contributed by atoms with Gasteiger partial charge in [-0.25, -0.2) is 0 Å². The van der Waals surface area contributed by atoms with Crippen molar-refractivity contribution in [1.82, 2.24) is 9.69 Å². The molecule has 10 nitrogen and oxygen atoms in total.